The molecule has 0 aromatic heterocycles. The van der Waals surface area contributed by atoms with Crippen LogP contribution in [0.1, 0.15) is 211 Å². The summed E-state index contributed by atoms with van der Waals surface area (Å²) < 4.78 is 35.0. The van der Waals surface area contributed by atoms with E-state index in [1.54, 1.807) is 41.5 Å². The van der Waals surface area contributed by atoms with Gasteiger partial charge in [-0.1, -0.05) is 107 Å². The molecular formula is C55H87NO10. The molecule has 11 heteroatoms. The van der Waals surface area contributed by atoms with Gasteiger partial charge in [-0.3, -0.25) is 14.5 Å². The van der Waals surface area contributed by atoms with Gasteiger partial charge < -0.3 is 28.4 Å². The van der Waals surface area contributed by atoms with Gasteiger partial charge in [-0.05, 0) is 115 Å². The lowest BCUT2D eigenvalue weighted by molar-refractivity contribution is -0.163. The quantitative estimate of drug-likeness (QED) is 0.115. The van der Waals surface area contributed by atoms with E-state index >= 15 is 0 Å². The molecule has 0 unspecified atom stereocenters. The third kappa shape index (κ3) is 16.6. The molecule has 2 aromatic carbocycles. The summed E-state index contributed by atoms with van der Waals surface area (Å²) in [6, 6.07) is 8.12. The molecule has 3 rings (SSSR count). The lowest BCUT2D eigenvalue weighted by Gasteiger charge is -2.54. The largest absolute Gasteiger partial charge is 0.514 e. The first-order valence-corrected chi connectivity index (χ1v) is 23.9. The number of piperidine rings is 1. The fourth-order valence-corrected chi connectivity index (χ4v) is 8.80. The molecule has 0 saturated carbocycles. The van der Waals surface area contributed by atoms with Crippen LogP contribution in [-0.4, -0.2) is 70.7 Å². The molecule has 0 aliphatic carbocycles. The van der Waals surface area contributed by atoms with Crippen molar-refractivity contribution in [1.82, 2.24) is 4.90 Å². The summed E-state index contributed by atoms with van der Waals surface area (Å²) in [5.41, 5.74) is 1.87. The third-order valence-electron chi connectivity index (χ3n) is 11.7. The Labute approximate surface area is 398 Å². The molecule has 0 amide bonds. The van der Waals surface area contributed by atoms with Crippen molar-refractivity contribution in [2.24, 2.45) is 0 Å². The fraction of sp³-hybridized carbons (Fsp3) is 0.709. The van der Waals surface area contributed by atoms with Crippen LogP contribution in [0.2, 0.25) is 0 Å². The number of nitrogens with zero attached hydrogens (tertiary/aromatic N) is 1. The molecule has 1 fully saturated rings. The molecule has 0 bridgehead atoms. The lowest BCUT2D eigenvalue weighted by atomic mass is 9.78. The van der Waals surface area contributed by atoms with Crippen molar-refractivity contribution in [3.8, 4) is 11.5 Å². The predicted molar refractivity (Wildman–Crippen MR) is 263 cm³/mol. The number of rotatable bonds is 12. The Morgan fingerprint density at radius 2 is 0.848 bits per heavy atom. The Kier molecular flexibility index (Phi) is 17.2. The molecule has 11 nitrogen and oxygen atoms in total. The molecule has 1 heterocycles. The summed E-state index contributed by atoms with van der Waals surface area (Å²) >= 11 is 0. The maximum Gasteiger partial charge on any atom is 0.514 e. The van der Waals surface area contributed by atoms with Crippen LogP contribution in [0.5, 0.6) is 11.5 Å². The molecule has 0 atom stereocenters. The number of carbonyl (C=O) groups is 4. The standard InChI is InChI=1S/C55H87NO10/c1-48(2,3)38-29-35(30-39(49(4,5)6)44(38)63-46(59)65-52(13,14)15)23-25-42(57)61-28-27-56-54(19,20)33-37(34-55(56,21)22)62-43(58)26-24-36-31-40(50(7,8)9)45(41(32-36)51(10,11)12)64-47(60)66-53(16,17)18/h29-32,37H,23-28,33-34H2,1-22H3. The van der Waals surface area contributed by atoms with E-state index < -0.39 is 23.5 Å². The Morgan fingerprint density at radius 3 is 1.15 bits per heavy atom. The van der Waals surface area contributed by atoms with Crippen LogP contribution in [0.15, 0.2) is 24.3 Å². The minimum absolute atomic E-state index is 0.198. The van der Waals surface area contributed by atoms with E-state index in [4.69, 9.17) is 28.4 Å². The number of likely N-dealkylation sites (tertiary alicyclic amines) is 1. The number of ether oxygens (including phenoxy) is 6. The van der Waals surface area contributed by atoms with Gasteiger partial charge in [0.15, 0.2) is 0 Å². The minimum atomic E-state index is -0.749. The predicted octanol–water partition coefficient (Wildman–Crippen LogP) is 13.2. The maximum absolute atomic E-state index is 13.5. The molecule has 66 heavy (non-hydrogen) atoms. The number of hydrogen-bond donors (Lipinski definition) is 0. The van der Waals surface area contributed by atoms with Gasteiger partial charge in [0.1, 0.15) is 35.4 Å². The minimum Gasteiger partial charge on any atom is -0.464 e. The van der Waals surface area contributed by atoms with Crippen LogP contribution in [-0.2, 0) is 63.0 Å². The molecule has 1 aliphatic rings. The van der Waals surface area contributed by atoms with E-state index in [0.29, 0.717) is 43.7 Å². The highest BCUT2D eigenvalue weighted by atomic mass is 16.7. The Morgan fingerprint density at radius 1 is 0.530 bits per heavy atom. The van der Waals surface area contributed by atoms with Crippen LogP contribution >= 0.6 is 0 Å². The highest BCUT2D eigenvalue weighted by Gasteiger charge is 2.46. The average molecular weight is 922 g/mol. The second kappa shape index (κ2) is 20.2. The van der Waals surface area contributed by atoms with Crippen molar-refractivity contribution in [1.29, 1.82) is 0 Å². The van der Waals surface area contributed by atoms with E-state index in [1.165, 1.54) is 0 Å². The van der Waals surface area contributed by atoms with E-state index in [1.807, 2.05) is 24.3 Å². The molecule has 372 valence electrons. The Bertz CT molecular complexity index is 1960. The van der Waals surface area contributed by atoms with E-state index in [0.717, 1.165) is 33.4 Å². The molecular weight excluding hydrogens is 835 g/mol. The van der Waals surface area contributed by atoms with Crippen LogP contribution in [0, 0.1) is 0 Å². The van der Waals surface area contributed by atoms with Gasteiger partial charge in [0.25, 0.3) is 0 Å². The van der Waals surface area contributed by atoms with Crippen LogP contribution < -0.4 is 9.47 Å². The average Bonchev–Trinajstić information content (AvgIpc) is 3.07. The highest BCUT2D eigenvalue weighted by Crippen LogP contribution is 2.44. The van der Waals surface area contributed by atoms with Gasteiger partial charge in [-0.15, -0.1) is 0 Å². The fourth-order valence-electron chi connectivity index (χ4n) is 8.80. The first kappa shape index (κ1) is 56.2. The van der Waals surface area contributed by atoms with Crippen molar-refractivity contribution in [3.05, 3.63) is 57.6 Å². The molecule has 0 radical (unpaired) electrons. The summed E-state index contributed by atoms with van der Waals surface area (Å²) in [6.07, 6.45) is 0.830. The lowest BCUT2D eigenvalue weighted by Crippen LogP contribution is -2.63. The second-order valence-corrected chi connectivity index (χ2v) is 25.7. The molecule has 0 N–H and O–H groups in total. The number of esters is 2. The first-order chi connectivity index (χ1) is 29.6. The summed E-state index contributed by atoms with van der Waals surface area (Å²) in [5, 5.41) is 0. The van der Waals surface area contributed by atoms with E-state index in [-0.39, 0.29) is 70.2 Å². The summed E-state index contributed by atoms with van der Waals surface area (Å²) in [6.45, 7) is 45.1. The normalized spacial score (nSPS) is 16.3. The van der Waals surface area contributed by atoms with Gasteiger partial charge in [-0.25, -0.2) is 9.59 Å². The zero-order chi connectivity index (χ0) is 50.8. The third-order valence-corrected chi connectivity index (χ3v) is 11.7. The Balaban J connectivity index is 1.67. The van der Waals surface area contributed by atoms with E-state index in [2.05, 4.69) is 116 Å². The van der Waals surface area contributed by atoms with Crippen molar-refractivity contribution in [2.45, 2.75) is 241 Å². The topological polar surface area (TPSA) is 127 Å². The smallest absolute Gasteiger partial charge is 0.464 e. The molecule has 2 aromatic rings. The first-order valence-electron chi connectivity index (χ1n) is 23.9. The van der Waals surface area contributed by atoms with Gasteiger partial charge in [0, 0.05) is 65.6 Å². The summed E-state index contributed by atoms with van der Waals surface area (Å²) in [7, 11) is 0. The number of hydrogen-bond acceptors (Lipinski definition) is 11. The zero-order valence-corrected chi connectivity index (χ0v) is 45.1. The van der Waals surface area contributed by atoms with Gasteiger partial charge >= 0.3 is 24.2 Å². The monoisotopic (exact) mass is 922 g/mol. The van der Waals surface area contributed by atoms with Crippen LogP contribution in [0.3, 0.4) is 0 Å². The second-order valence-electron chi connectivity index (χ2n) is 25.7. The molecule has 1 saturated heterocycles. The number of aryl methyl sites for hydroxylation is 2. The van der Waals surface area contributed by atoms with Crippen LogP contribution in [0.25, 0.3) is 0 Å². The van der Waals surface area contributed by atoms with Crippen molar-refractivity contribution in [2.75, 3.05) is 13.2 Å². The van der Waals surface area contributed by atoms with Crippen molar-refractivity contribution < 1.29 is 47.6 Å². The summed E-state index contributed by atoms with van der Waals surface area (Å²) in [5.74, 6) is 0.460. The summed E-state index contributed by atoms with van der Waals surface area (Å²) in [4.78, 5) is 55.0. The zero-order valence-electron chi connectivity index (χ0n) is 45.1. The Hall–Kier alpha value is -4.12. The van der Waals surface area contributed by atoms with Gasteiger partial charge in [0.2, 0.25) is 0 Å². The highest BCUT2D eigenvalue weighted by molar-refractivity contribution is 5.71. The van der Waals surface area contributed by atoms with E-state index in [9.17, 15) is 19.2 Å². The number of carbonyl (C=O) groups excluding carboxylic acids is 4. The van der Waals surface area contributed by atoms with Crippen molar-refractivity contribution in [3.63, 3.8) is 0 Å². The van der Waals surface area contributed by atoms with Crippen LogP contribution in [0.4, 0.5) is 9.59 Å². The van der Waals surface area contributed by atoms with Gasteiger partial charge in [0.05, 0.1) is 0 Å². The molecule has 0 spiro atoms. The number of benzene rings is 2. The SMILES string of the molecule is CC(C)(C)OC(=O)Oc1c(C(C)(C)C)cc(CCC(=O)OCCN2C(C)(C)CC(OC(=O)CCc3cc(C(C)(C)C)c(OC(=O)OC(C)(C)C)c(C(C)(C)C)c3)CC2(C)C)cc1C(C)(C)C. The maximum atomic E-state index is 13.5. The van der Waals surface area contributed by atoms with Gasteiger partial charge in [-0.2, -0.15) is 0 Å². The molecule has 1 aliphatic heterocycles. The van der Waals surface area contributed by atoms with Crippen molar-refractivity contribution >= 4 is 24.2 Å².